The monoisotopic (exact) mass is 403 g/mol. The minimum absolute atomic E-state index is 0.428. The highest BCUT2D eigenvalue weighted by atomic mass is 31.1. The summed E-state index contributed by atoms with van der Waals surface area (Å²) in [6.07, 6.45) is 21.1. The smallest absolute Gasteiger partial charge is 0.335 e. The minimum Gasteiger partial charge on any atom is -0.612 e. The van der Waals surface area contributed by atoms with Gasteiger partial charge in [0.2, 0.25) is 6.04 Å². The molecule has 0 aromatic carbocycles. The Morgan fingerprint density at radius 3 is 1.52 bits per heavy atom. The molecular weight excluding hydrogens is 361 g/mol. The molecule has 0 aromatic heterocycles. The summed E-state index contributed by atoms with van der Waals surface area (Å²) < 4.78 is 3.66. The van der Waals surface area contributed by atoms with Crippen molar-refractivity contribution in [1.29, 1.82) is 0 Å². The molecule has 27 heavy (non-hydrogen) atoms. The van der Waals surface area contributed by atoms with E-state index >= 15 is 0 Å². The lowest BCUT2D eigenvalue weighted by atomic mass is 10.0. The standard InChI is InChI=1S/C21H42NO4P/c1-2-3-4-5-6-7-8-9-10-11-12-13-14-15-16-17-18-27(26)22-20(19-23)21(24)25/h20,23H,2-19H2,1H3,(H,24,25)/t20-/m0/s1. The Morgan fingerprint density at radius 1 is 0.815 bits per heavy atom. The van der Waals surface area contributed by atoms with Gasteiger partial charge in [0.05, 0.1) is 6.61 Å². The number of aliphatic hydroxyl groups is 1. The molecule has 0 radical (unpaired) electrons. The molecule has 0 aliphatic carbocycles. The molecule has 2 N–H and O–H groups in total. The second-order valence-electron chi connectivity index (χ2n) is 7.53. The Hall–Kier alpha value is -0.510. The number of carboxylic acid groups (broad SMARTS) is 1. The van der Waals surface area contributed by atoms with Gasteiger partial charge in [-0.15, -0.1) is 0 Å². The van der Waals surface area contributed by atoms with Gasteiger partial charge >= 0.3 is 5.97 Å². The molecule has 0 spiro atoms. The third kappa shape index (κ3) is 18.6. The molecule has 0 amide bonds. The molecule has 0 heterocycles. The van der Waals surface area contributed by atoms with Crippen LogP contribution in [0.3, 0.4) is 0 Å². The van der Waals surface area contributed by atoms with E-state index in [-0.39, 0.29) is 0 Å². The lowest BCUT2D eigenvalue weighted by Crippen LogP contribution is -2.21. The molecule has 2 atom stereocenters. The van der Waals surface area contributed by atoms with Crippen molar-refractivity contribution in [3.63, 3.8) is 0 Å². The second kappa shape index (κ2) is 20.2. The lowest BCUT2D eigenvalue weighted by Gasteiger charge is -2.04. The van der Waals surface area contributed by atoms with Crippen LogP contribution in [0, 0.1) is 0 Å². The van der Waals surface area contributed by atoms with E-state index in [1.165, 1.54) is 83.5 Å². The van der Waals surface area contributed by atoms with E-state index in [9.17, 15) is 9.69 Å². The largest absolute Gasteiger partial charge is 0.612 e. The summed E-state index contributed by atoms with van der Waals surface area (Å²) in [5.41, 5.74) is 0. The van der Waals surface area contributed by atoms with Crippen molar-refractivity contribution in [1.82, 2.24) is 0 Å². The average molecular weight is 404 g/mol. The van der Waals surface area contributed by atoms with Gasteiger partial charge in [0, 0.05) is 0 Å². The van der Waals surface area contributed by atoms with Crippen LogP contribution < -0.4 is 4.89 Å². The van der Waals surface area contributed by atoms with Crippen molar-refractivity contribution in [2.45, 2.75) is 116 Å². The van der Waals surface area contributed by atoms with Crippen LogP contribution >= 0.6 is 7.94 Å². The highest BCUT2D eigenvalue weighted by Gasteiger charge is 2.18. The summed E-state index contributed by atoms with van der Waals surface area (Å²) in [7, 11) is -1.87. The van der Waals surface area contributed by atoms with E-state index in [0.717, 1.165) is 19.3 Å². The van der Waals surface area contributed by atoms with Crippen LogP contribution in [0.15, 0.2) is 4.74 Å². The highest BCUT2D eigenvalue weighted by molar-refractivity contribution is 7.39. The molecule has 5 nitrogen and oxygen atoms in total. The number of hydrogen-bond donors (Lipinski definition) is 2. The first-order valence-electron chi connectivity index (χ1n) is 11.1. The van der Waals surface area contributed by atoms with Crippen molar-refractivity contribution in [3.05, 3.63) is 0 Å². The van der Waals surface area contributed by atoms with E-state index in [2.05, 4.69) is 11.7 Å². The molecule has 0 saturated carbocycles. The normalized spacial score (nSPS) is 13.1. The Kier molecular flexibility index (Phi) is 19.8. The maximum Gasteiger partial charge on any atom is 0.335 e. The molecule has 0 fully saturated rings. The van der Waals surface area contributed by atoms with E-state index in [1.54, 1.807) is 0 Å². The maximum absolute atomic E-state index is 11.7. The fourth-order valence-corrected chi connectivity index (χ4v) is 4.26. The first kappa shape index (κ1) is 26.5. The fraction of sp³-hybridized carbons (Fsp3) is 0.952. The molecule has 0 bridgehead atoms. The second-order valence-corrected chi connectivity index (χ2v) is 8.91. The van der Waals surface area contributed by atoms with E-state index < -0.39 is 26.6 Å². The fourth-order valence-electron chi connectivity index (χ4n) is 3.17. The summed E-state index contributed by atoms with van der Waals surface area (Å²) in [5.74, 6) is -1.21. The maximum atomic E-state index is 11.7. The number of aliphatic carboxylic acids is 1. The number of hydrogen-bond acceptors (Lipinski definition) is 4. The number of unbranched alkanes of at least 4 members (excludes halogenated alkanes) is 15. The van der Waals surface area contributed by atoms with Gasteiger partial charge in [-0.25, -0.2) is 4.79 Å². The van der Waals surface area contributed by atoms with Gasteiger partial charge in [0.1, 0.15) is 6.16 Å². The third-order valence-electron chi connectivity index (χ3n) is 4.93. The first-order chi connectivity index (χ1) is 13.1. The number of nitrogens with zero attached hydrogens (tertiary/aromatic N) is 1. The summed E-state index contributed by atoms with van der Waals surface area (Å²) >= 11 is 0. The van der Waals surface area contributed by atoms with Gasteiger partial charge in [0.25, 0.3) is 0 Å². The van der Waals surface area contributed by atoms with Crippen molar-refractivity contribution >= 4 is 13.9 Å². The molecule has 1 unspecified atom stereocenters. The minimum atomic E-state index is -1.87. The quantitative estimate of drug-likeness (QED) is 0.203. The van der Waals surface area contributed by atoms with Gasteiger partial charge in [-0.3, -0.25) is 0 Å². The molecule has 0 aliphatic heterocycles. The van der Waals surface area contributed by atoms with Crippen molar-refractivity contribution < 1.29 is 19.9 Å². The number of carbonyl (C=O) groups is 1. The molecule has 0 aromatic rings. The van der Waals surface area contributed by atoms with Crippen molar-refractivity contribution in [2.75, 3.05) is 12.8 Å². The van der Waals surface area contributed by atoms with Crippen molar-refractivity contribution in [2.24, 2.45) is 4.74 Å². The zero-order chi connectivity index (χ0) is 20.2. The van der Waals surface area contributed by atoms with Gasteiger partial charge in [0.15, 0.2) is 7.94 Å². The van der Waals surface area contributed by atoms with Crippen molar-refractivity contribution in [3.8, 4) is 0 Å². The van der Waals surface area contributed by atoms with Crippen LogP contribution in [0.1, 0.15) is 110 Å². The summed E-state index contributed by atoms with van der Waals surface area (Å²) in [6.45, 7) is 1.67. The zero-order valence-corrected chi connectivity index (χ0v) is 18.3. The van der Waals surface area contributed by atoms with Gasteiger partial charge in [-0.2, -0.15) is 0 Å². The number of aliphatic hydroxyl groups excluding tert-OH is 1. The van der Waals surface area contributed by atoms with Crippen LogP contribution in [0.5, 0.6) is 0 Å². The predicted molar refractivity (Wildman–Crippen MR) is 112 cm³/mol. The van der Waals surface area contributed by atoms with Gasteiger partial charge < -0.3 is 15.1 Å². The Morgan fingerprint density at radius 2 is 1.19 bits per heavy atom. The Bertz CT molecular complexity index is 377. The molecule has 6 heteroatoms. The topological polar surface area (TPSA) is 93.0 Å². The molecule has 160 valence electrons. The lowest BCUT2D eigenvalue weighted by molar-refractivity contribution is -0.157. The van der Waals surface area contributed by atoms with Crippen LogP contribution in [0.2, 0.25) is 0 Å². The molecule has 0 rings (SSSR count). The highest BCUT2D eigenvalue weighted by Crippen LogP contribution is 2.20. The van der Waals surface area contributed by atoms with Gasteiger partial charge in [-0.1, -0.05) is 102 Å². The van der Waals surface area contributed by atoms with E-state index in [0.29, 0.717) is 6.16 Å². The SMILES string of the molecule is CCCCCCCCCCCCCCCCCC[P+]([O-])=N[C@@H](CO)C(=O)O. The summed E-state index contributed by atoms with van der Waals surface area (Å²) in [5, 5.41) is 17.6. The average Bonchev–Trinajstić information content (AvgIpc) is 2.65. The summed E-state index contributed by atoms with van der Waals surface area (Å²) in [4.78, 5) is 22.4. The van der Waals surface area contributed by atoms with Crippen LogP contribution in [-0.4, -0.2) is 35.0 Å². The van der Waals surface area contributed by atoms with Crippen LogP contribution in [0.4, 0.5) is 0 Å². The summed E-state index contributed by atoms with van der Waals surface area (Å²) in [6, 6.07) is -1.24. The van der Waals surface area contributed by atoms with Crippen LogP contribution in [-0.2, 0) is 4.79 Å². The number of carboxylic acids is 1. The Labute approximate surface area is 167 Å². The Balaban J connectivity index is 3.31. The van der Waals surface area contributed by atoms with E-state index in [4.69, 9.17) is 10.2 Å². The third-order valence-corrected chi connectivity index (χ3v) is 6.16. The zero-order valence-electron chi connectivity index (χ0n) is 17.4. The first-order valence-corrected chi connectivity index (χ1v) is 12.5. The molecule has 0 aliphatic rings. The predicted octanol–water partition coefficient (Wildman–Crippen LogP) is 5.63. The molecular formula is C21H42NO4P. The molecule has 0 saturated heterocycles. The van der Waals surface area contributed by atoms with Gasteiger partial charge in [-0.05, 0) is 12.8 Å². The van der Waals surface area contributed by atoms with E-state index in [1.807, 2.05) is 0 Å². The number of rotatable bonds is 20. The van der Waals surface area contributed by atoms with Crippen LogP contribution in [0.25, 0.3) is 0 Å².